The molecule has 0 aromatic rings. The minimum atomic E-state index is 0.455. The van der Waals surface area contributed by atoms with E-state index in [1.54, 1.807) is 0 Å². The van der Waals surface area contributed by atoms with Crippen LogP contribution in [0.1, 0.15) is 33.1 Å². The molecule has 2 rings (SSSR count). The summed E-state index contributed by atoms with van der Waals surface area (Å²) in [6.45, 7) is 5.48. The van der Waals surface area contributed by atoms with Gasteiger partial charge in [-0.15, -0.1) is 0 Å². The molecular weight excluding hydrogens is 164 g/mol. The molecule has 0 amide bonds. The van der Waals surface area contributed by atoms with E-state index in [2.05, 4.69) is 24.7 Å². The molecule has 2 aliphatic rings. The molecule has 0 aliphatic carbocycles. The Hall–Kier alpha value is -0.120. The van der Waals surface area contributed by atoms with Gasteiger partial charge in [0.2, 0.25) is 0 Å². The fraction of sp³-hybridized carbons (Fsp3) is 1.00. The van der Waals surface area contributed by atoms with Gasteiger partial charge in [-0.2, -0.15) is 0 Å². The molecule has 0 bridgehead atoms. The summed E-state index contributed by atoms with van der Waals surface area (Å²) in [4.78, 5) is 0. The molecule has 0 aromatic heterocycles. The molecule has 13 heavy (non-hydrogen) atoms. The lowest BCUT2D eigenvalue weighted by Gasteiger charge is -2.17. The smallest absolute Gasteiger partial charge is 0.0743 e. The van der Waals surface area contributed by atoms with Crippen molar-refractivity contribution < 1.29 is 4.74 Å². The summed E-state index contributed by atoms with van der Waals surface area (Å²) in [6, 6.07) is 1.16. The third kappa shape index (κ3) is 2.03. The summed E-state index contributed by atoms with van der Waals surface area (Å²) < 4.78 is 5.66. The first-order chi connectivity index (χ1) is 6.27. The summed E-state index contributed by atoms with van der Waals surface area (Å²) in [6.07, 6.45) is 4.12. The molecule has 0 radical (unpaired) electrons. The summed E-state index contributed by atoms with van der Waals surface area (Å²) in [5, 5.41) is 0. The quantitative estimate of drug-likeness (QED) is 0.673. The Morgan fingerprint density at radius 2 is 2.15 bits per heavy atom. The molecule has 2 fully saturated rings. The zero-order chi connectivity index (χ0) is 9.26. The number of ether oxygens (including phenoxy) is 1. The first-order valence-corrected chi connectivity index (χ1v) is 5.40. The fourth-order valence-electron chi connectivity index (χ4n) is 2.21. The van der Waals surface area contributed by atoms with Crippen molar-refractivity contribution in [3.05, 3.63) is 0 Å². The third-order valence-corrected chi connectivity index (χ3v) is 3.18. The van der Waals surface area contributed by atoms with Crippen LogP contribution in [-0.4, -0.2) is 24.8 Å². The average molecular weight is 184 g/mol. The first-order valence-electron chi connectivity index (χ1n) is 5.40. The molecule has 2 aliphatic heterocycles. The highest BCUT2D eigenvalue weighted by atomic mass is 16.5. The van der Waals surface area contributed by atoms with Crippen molar-refractivity contribution in [1.29, 1.82) is 0 Å². The van der Waals surface area contributed by atoms with Crippen molar-refractivity contribution >= 4 is 0 Å². The Balaban J connectivity index is 1.83. The Kier molecular flexibility index (Phi) is 2.86. The van der Waals surface area contributed by atoms with E-state index < -0.39 is 0 Å². The van der Waals surface area contributed by atoms with Crippen LogP contribution in [0.5, 0.6) is 0 Å². The van der Waals surface area contributed by atoms with Crippen LogP contribution in [0.25, 0.3) is 0 Å². The van der Waals surface area contributed by atoms with Crippen LogP contribution in [0.15, 0.2) is 0 Å². The van der Waals surface area contributed by atoms with Gasteiger partial charge in [0.05, 0.1) is 6.10 Å². The van der Waals surface area contributed by atoms with Crippen LogP contribution in [0.2, 0.25) is 0 Å². The van der Waals surface area contributed by atoms with Gasteiger partial charge in [-0.3, -0.25) is 10.9 Å². The highest BCUT2D eigenvalue weighted by Gasteiger charge is 2.33. The largest absolute Gasteiger partial charge is 0.377 e. The van der Waals surface area contributed by atoms with Gasteiger partial charge in [0.1, 0.15) is 0 Å². The molecule has 76 valence electrons. The number of hydrogen-bond donors (Lipinski definition) is 2. The first kappa shape index (κ1) is 9.44. The Bertz CT molecular complexity index is 166. The zero-order valence-corrected chi connectivity index (χ0v) is 8.55. The van der Waals surface area contributed by atoms with Crippen LogP contribution in [-0.2, 0) is 4.74 Å². The molecule has 0 saturated carbocycles. The predicted molar refractivity (Wildman–Crippen MR) is 52.3 cm³/mol. The fourth-order valence-corrected chi connectivity index (χ4v) is 2.21. The third-order valence-electron chi connectivity index (χ3n) is 3.18. The number of rotatable bonds is 2. The monoisotopic (exact) mass is 184 g/mol. The van der Waals surface area contributed by atoms with Gasteiger partial charge in [0.25, 0.3) is 0 Å². The standard InChI is InChI=1S/C10H20N2O/c1-7(2)8-6-9(12-11-8)10-4-3-5-13-10/h7-12H,3-6H2,1-2H3. The Morgan fingerprint density at radius 1 is 1.31 bits per heavy atom. The SMILES string of the molecule is CC(C)C1CC(C2CCCO2)NN1. The van der Waals surface area contributed by atoms with E-state index in [9.17, 15) is 0 Å². The number of hydrogen-bond acceptors (Lipinski definition) is 3. The zero-order valence-electron chi connectivity index (χ0n) is 8.55. The molecular formula is C10H20N2O. The van der Waals surface area contributed by atoms with Gasteiger partial charge in [0, 0.05) is 18.7 Å². The van der Waals surface area contributed by atoms with Crippen LogP contribution in [0.4, 0.5) is 0 Å². The highest BCUT2D eigenvalue weighted by Crippen LogP contribution is 2.23. The predicted octanol–water partition coefficient (Wildman–Crippen LogP) is 1.06. The lowest BCUT2D eigenvalue weighted by atomic mass is 9.96. The lowest BCUT2D eigenvalue weighted by Crippen LogP contribution is -2.40. The van der Waals surface area contributed by atoms with Gasteiger partial charge in [-0.25, -0.2) is 0 Å². The summed E-state index contributed by atoms with van der Waals surface area (Å²) in [5.74, 6) is 0.707. The maximum atomic E-state index is 5.66. The van der Waals surface area contributed by atoms with Crippen molar-refractivity contribution in [2.75, 3.05) is 6.61 Å². The normalized spacial score (nSPS) is 40.4. The molecule has 3 atom stereocenters. The topological polar surface area (TPSA) is 33.3 Å². The van der Waals surface area contributed by atoms with Crippen molar-refractivity contribution in [3.8, 4) is 0 Å². The summed E-state index contributed by atoms with van der Waals surface area (Å²) in [5.41, 5.74) is 6.71. The van der Waals surface area contributed by atoms with E-state index in [0.29, 0.717) is 24.1 Å². The summed E-state index contributed by atoms with van der Waals surface area (Å²) >= 11 is 0. The van der Waals surface area contributed by atoms with E-state index in [1.165, 1.54) is 19.3 Å². The molecule has 3 heteroatoms. The Morgan fingerprint density at radius 3 is 2.69 bits per heavy atom. The van der Waals surface area contributed by atoms with Gasteiger partial charge in [0.15, 0.2) is 0 Å². The minimum Gasteiger partial charge on any atom is -0.377 e. The van der Waals surface area contributed by atoms with Gasteiger partial charge < -0.3 is 4.74 Å². The van der Waals surface area contributed by atoms with Crippen molar-refractivity contribution in [2.45, 2.75) is 51.3 Å². The second kappa shape index (κ2) is 3.95. The second-order valence-corrected chi connectivity index (χ2v) is 4.53. The van der Waals surface area contributed by atoms with Gasteiger partial charge >= 0.3 is 0 Å². The number of nitrogens with one attached hydrogen (secondary N) is 2. The molecule has 3 unspecified atom stereocenters. The van der Waals surface area contributed by atoms with Gasteiger partial charge in [-0.1, -0.05) is 13.8 Å². The molecule has 2 N–H and O–H groups in total. The van der Waals surface area contributed by atoms with E-state index in [1.807, 2.05) is 0 Å². The van der Waals surface area contributed by atoms with Crippen LogP contribution in [0, 0.1) is 5.92 Å². The van der Waals surface area contributed by atoms with E-state index in [0.717, 1.165) is 6.61 Å². The second-order valence-electron chi connectivity index (χ2n) is 4.53. The van der Waals surface area contributed by atoms with Crippen LogP contribution in [0.3, 0.4) is 0 Å². The van der Waals surface area contributed by atoms with Crippen molar-refractivity contribution in [3.63, 3.8) is 0 Å². The minimum absolute atomic E-state index is 0.455. The maximum Gasteiger partial charge on any atom is 0.0743 e. The molecule has 2 heterocycles. The summed E-state index contributed by atoms with van der Waals surface area (Å²) in [7, 11) is 0. The number of hydrazine groups is 1. The van der Waals surface area contributed by atoms with E-state index in [-0.39, 0.29) is 0 Å². The lowest BCUT2D eigenvalue weighted by molar-refractivity contribution is 0.0822. The highest BCUT2D eigenvalue weighted by molar-refractivity contribution is 4.89. The molecule has 3 nitrogen and oxygen atoms in total. The van der Waals surface area contributed by atoms with Crippen molar-refractivity contribution in [2.24, 2.45) is 5.92 Å². The molecule has 0 spiro atoms. The van der Waals surface area contributed by atoms with E-state index in [4.69, 9.17) is 4.74 Å². The maximum absolute atomic E-state index is 5.66. The van der Waals surface area contributed by atoms with Gasteiger partial charge in [-0.05, 0) is 25.2 Å². The Labute approximate surface area is 80.2 Å². The van der Waals surface area contributed by atoms with Crippen LogP contribution >= 0.6 is 0 Å². The van der Waals surface area contributed by atoms with E-state index >= 15 is 0 Å². The average Bonchev–Trinajstić information content (AvgIpc) is 2.75. The van der Waals surface area contributed by atoms with Crippen molar-refractivity contribution in [1.82, 2.24) is 10.9 Å². The molecule has 2 saturated heterocycles. The molecule has 0 aromatic carbocycles. The van der Waals surface area contributed by atoms with Crippen LogP contribution < -0.4 is 10.9 Å².